The van der Waals surface area contributed by atoms with Crippen LogP contribution in [0.25, 0.3) is 5.52 Å². The Bertz CT molecular complexity index is 1470. The van der Waals surface area contributed by atoms with Gasteiger partial charge in [-0.25, -0.2) is 9.78 Å². The van der Waals surface area contributed by atoms with Crippen molar-refractivity contribution in [3.8, 4) is 0 Å². The molecule has 0 spiro atoms. The van der Waals surface area contributed by atoms with Crippen molar-refractivity contribution in [3.05, 3.63) is 64.4 Å². The second-order valence-corrected chi connectivity index (χ2v) is 11.0. The maximum atomic E-state index is 13.0. The van der Waals surface area contributed by atoms with Crippen molar-refractivity contribution in [1.29, 1.82) is 0 Å². The highest BCUT2D eigenvalue weighted by Gasteiger charge is 2.54. The lowest BCUT2D eigenvalue weighted by Crippen LogP contribution is -2.73. The number of thioether (sulfide) groups is 2. The molecule has 14 heteroatoms. The third-order valence-corrected chi connectivity index (χ3v) is 8.86. The van der Waals surface area contributed by atoms with Gasteiger partial charge in [-0.2, -0.15) is 4.40 Å². The van der Waals surface area contributed by atoms with Crippen LogP contribution in [0, 0.1) is 0 Å². The number of hydrogen-bond acceptors (Lipinski definition) is 10. The van der Waals surface area contributed by atoms with E-state index in [-0.39, 0.29) is 22.2 Å². The lowest BCUT2D eigenvalue weighted by molar-refractivity contribution is -0.512. The van der Waals surface area contributed by atoms with Gasteiger partial charge in [0.2, 0.25) is 5.52 Å². The van der Waals surface area contributed by atoms with E-state index in [2.05, 4.69) is 15.5 Å². The average Bonchev–Trinajstić information content (AvgIpc) is 3.33. The number of hydrogen-bond donors (Lipinski definition) is 3. The lowest BCUT2D eigenvalue weighted by Gasteiger charge is -2.49. The Morgan fingerprint density at radius 1 is 1.38 bits per heavy atom. The van der Waals surface area contributed by atoms with Gasteiger partial charge in [0, 0.05) is 51.0 Å². The Kier molecular flexibility index (Phi) is 7.04. The summed E-state index contributed by atoms with van der Waals surface area (Å²) in [6.07, 6.45) is 3.90. The maximum absolute atomic E-state index is 13.0. The zero-order valence-electron chi connectivity index (χ0n) is 19.4. The molecule has 3 aromatic rings. The molecule has 4 N–H and O–H groups in total. The van der Waals surface area contributed by atoms with E-state index < -0.39 is 29.9 Å². The highest BCUT2D eigenvalue weighted by Crippen LogP contribution is 2.41. The molecule has 37 heavy (non-hydrogen) atoms. The third-order valence-electron chi connectivity index (χ3n) is 5.79. The fourth-order valence-corrected chi connectivity index (χ4v) is 6.98. The van der Waals surface area contributed by atoms with Gasteiger partial charge in [0.25, 0.3) is 11.8 Å². The number of carbonyl (C=O) groups is 3. The number of nitrogens with zero attached hydrogens (tertiary/aromatic N) is 4. The van der Waals surface area contributed by atoms with Crippen LogP contribution < -0.4 is 15.5 Å². The number of carboxylic acids is 1. The van der Waals surface area contributed by atoms with Gasteiger partial charge in [0.05, 0.1) is 6.04 Å². The zero-order valence-corrected chi connectivity index (χ0v) is 21.8. The van der Waals surface area contributed by atoms with E-state index in [9.17, 15) is 19.5 Å². The van der Waals surface area contributed by atoms with Crippen LogP contribution in [0.3, 0.4) is 0 Å². The minimum Gasteiger partial charge on any atom is -0.477 e. The van der Waals surface area contributed by atoms with Crippen molar-refractivity contribution in [1.82, 2.24) is 15.2 Å². The van der Waals surface area contributed by atoms with E-state index >= 15 is 0 Å². The quantitative estimate of drug-likeness (QED) is 0.123. The summed E-state index contributed by atoms with van der Waals surface area (Å²) in [5.74, 6) is -1.49. The summed E-state index contributed by atoms with van der Waals surface area (Å²) in [5.41, 5.74) is 6.73. The van der Waals surface area contributed by atoms with E-state index in [4.69, 9.17) is 10.6 Å². The van der Waals surface area contributed by atoms with Crippen LogP contribution in [0.5, 0.6) is 0 Å². The van der Waals surface area contributed by atoms with Gasteiger partial charge in [-0.1, -0.05) is 5.16 Å². The van der Waals surface area contributed by atoms with Crippen LogP contribution in [0.2, 0.25) is 0 Å². The lowest BCUT2D eigenvalue weighted by atomic mass is 9.94. The number of carboxylic acid groups (broad SMARTS) is 1. The summed E-state index contributed by atoms with van der Waals surface area (Å²) in [7, 11) is 1.29. The second kappa shape index (κ2) is 10.4. The van der Waals surface area contributed by atoms with Gasteiger partial charge >= 0.3 is 5.97 Å². The summed E-state index contributed by atoms with van der Waals surface area (Å²) < 4.78 is 1.99. The minimum atomic E-state index is -1.18. The predicted octanol–water partition coefficient (Wildman–Crippen LogP) is 1.35. The number of rotatable bonds is 8. The Morgan fingerprint density at radius 3 is 2.95 bits per heavy atom. The van der Waals surface area contributed by atoms with E-state index in [1.54, 1.807) is 5.38 Å². The smallest absolute Gasteiger partial charge is 0.353 e. The van der Waals surface area contributed by atoms with Crippen molar-refractivity contribution >= 4 is 69.0 Å². The van der Waals surface area contributed by atoms with Gasteiger partial charge in [-0.05, 0) is 6.07 Å². The summed E-state index contributed by atoms with van der Waals surface area (Å²) in [6, 6.07) is 8.49. The molecule has 1 saturated heterocycles. The maximum Gasteiger partial charge on any atom is 0.353 e. The predicted molar refractivity (Wildman–Crippen MR) is 140 cm³/mol. The normalized spacial score (nSPS) is 19.4. The number of aliphatic carboxylic acids is 1. The number of pyridine rings is 2. The molecular weight excluding hydrogens is 536 g/mol. The number of nitrogens with one attached hydrogen (secondary N) is 1. The molecule has 2 aliphatic rings. The molecule has 0 bridgehead atoms. The molecule has 1 fully saturated rings. The fraction of sp³-hybridized carbons (Fsp3) is 0.217. The molecule has 1 unspecified atom stereocenters. The molecule has 11 nitrogen and oxygen atoms in total. The molecule has 3 aromatic heterocycles. The van der Waals surface area contributed by atoms with Gasteiger partial charge in [0.15, 0.2) is 23.2 Å². The highest BCUT2D eigenvalue weighted by atomic mass is 32.2. The van der Waals surface area contributed by atoms with Crippen molar-refractivity contribution in [2.75, 3.05) is 24.3 Å². The zero-order chi connectivity index (χ0) is 26.1. The number of carbonyl (C=O) groups excluding carboxylic acids is 2. The van der Waals surface area contributed by atoms with E-state index in [0.717, 1.165) is 21.7 Å². The summed E-state index contributed by atoms with van der Waals surface area (Å²) in [6.45, 7) is 0. The van der Waals surface area contributed by atoms with Crippen LogP contribution in [-0.2, 0) is 19.2 Å². The number of nitrogen functional groups attached to an aromatic ring is 1. The molecule has 2 aliphatic heterocycles. The molecule has 2 atom stereocenters. The second-order valence-electron chi connectivity index (χ2n) is 7.99. The van der Waals surface area contributed by atoms with Gasteiger partial charge in [0.1, 0.15) is 24.5 Å². The first-order chi connectivity index (χ1) is 17.9. The van der Waals surface area contributed by atoms with Crippen molar-refractivity contribution in [2.45, 2.75) is 17.0 Å². The van der Waals surface area contributed by atoms with E-state index in [1.165, 1.54) is 35.5 Å². The Labute approximate surface area is 223 Å². The topological polar surface area (TPSA) is 151 Å². The Balaban J connectivity index is 1.31. The van der Waals surface area contributed by atoms with E-state index in [1.807, 2.05) is 47.1 Å². The van der Waals surface area contributed by atoms with Crippen LogP contribution in [0.15, 0.2) is 68.8 Å². The van der Waals surface area contributed by atoms with Crippen LogP contribution in [-0.4, -0.2) is 69.2 Å². The van der Waals surface area contributed by atoms with Gasteiger partial charge in [-0.3, -0.25) is 14.5 Å². The van der Waals surface area contributed by atoms with Crippen LogP contribution >= 0.6 is 34.9 Å². The Morgan fingerprint density at radius 2 is 2.22 bits per heavy atom. The number of oxime groups is 1. The first-order valence-corrected chi connectivity index (χ1v) is 13.8. The first kappa shape index (κ1) is 25.0. The number of fused-ring (bicyclic) bond motifs is 2. The average molecular weight is 558 g/mol. The molecule has 2 amide bonds. The summed E-state index contributed by atoms with van der Waals surface area (Å²) >= 11 is 4.02. The minimum absolute atomic E-state index is 0.0440. The monoisotopic (exact) mass is 557 g/mol. The largest absolute Gasteiger partial charge is 0.477 e. The molecular formula is C23H21N6O5S3+. The highest BCUT2D eigenvalue weighted by molar-refractivity contribution is 8.06. The van der Waals surface area contributed by atoms with E-state index in [0.29, 0.717) is 16.4 Å². The molecule has 190 valence electrons. The first-order valence-electron chi connectivity index (χ1n) is 11.0. The van der Waals surface area contributed by atoms with Crippen LogP contribution in [0.1, 0.15) is 5.69 Å². The van der Waals surface area contributed by atoms with Crippen molar-refractivity contribution in [3.63, 3.8) is 0 Å². The molecule has 0 saturated carbocycles. The van der Waals surface area contributed by atoms with Gasteiger partial charge < -0.3 is 21.0 Å². The van der Waals surface area contributed by atoms with Crippen molar-refractivity contribution < 1.29 is 28.7 Å². The summed E-state index contributed by atoms with van der Waals surface area (Å²) in [4.78, 5) is 49.8. The number of thiazole rings is 1. The number of nitrogens with two attached hydrogens (primary N) is 1. The number of amides is 2. The molecule has 0 radical (unpaired) electrons. The molecule has 0 aliphatic carbocycles. The number of anilines is 1. The van der Waals surface area contributed by atoms with Gasteiger partial charge in [-0.15, -0.1) is 34.9 Å². The number of aromatic nitrogens is 2. The molecule has 5 heterocycles. The molecule has 0 aromatic carbocycles. The van der Waals surface area contributed by atoms with Crippen molar-refractivity contribution in [2.24, 2.45) is 5.16 Å². The fourth-order valence-electron chi connectivity index (χ4n) is 4.09. The standard InChI is InChI=1S/C23H20N6O5S3/c1-34-27-17(14-9-37-23(24)25-14)20(30)26-18-15-10-36-16(19(22(32)33)29(15)21(18)31)11-35-13-5-7-28-6-3-2-4-12(28)8-13/h2-9,15,18H,10-11H2,1H3,(H3-,24,25,26,30,32,33)/p+1/t15-,18?/m1/s1. The van der Waals surface area contributed by atoms with Crippen LogP contribution in [0.4, 0.5) is 5.13 Å². The number of β-lactam (4-membered cyclic amide) rings is 1. The third kappa shape index (κ3) is 4.86. The molecule has 5 rings (SSSR count). The Hall–Kier alpha value is -3.62. The summed E-state index contributed by atoms with van der Waals surface area (Å²) in [5, 5.41) is 18.1. The SMILES string of the molecule is CON=C(C(=O)NC1C(=O)N2C(C(=O)O)=C(CSc3cc[n+]4ccccc4c3)SC[C@H]12)c1csc(N)n1.